The van der Waals surface area contributed by atoms with Gasteiger partial charge in [-0.15, -0.1) is 0 Å². The lowest BCUT2D eigenvalue weighted by Gasteiger charge is -2.12. The predicted molar refractivity (Wildman–Crippen MR) is 52.4 cm³/mol. The number of aryl methyl sites for hydroxylation is 1. The highest BCUT2D eigenvalue weighted by Crippen LogP contribution is 2.33. The van der Waals surface area contributed by atoms with Crippen LogP contribution in [0.3, 0.4) is 0 Å². The van der Waals surface area contributed by atoms with Crippen molar-refractivity contribution >= 4 is 5.97 Å². The molecule has 4 nitrogen and oxygen atoms in total. The maximum Gasteiger partial charge on any atom is 0.325 e. The van der Waals surface area contributed by atoms with Gasteiger partial charge in [0, 0.05) is 0 Å². The Hall–Kier alpha value is -1.69. The van der Waals surface area contributed by atoms with Crippen LogP contribution < -0.4 is 5.73 Å². The second-order valence-corrected chi connectivity index (χ2v) is 3.39. The molecule has 0 saturated carbocycles. The lowest BCUT2D eigenvalue weighted by molar-refractivity contribution is -0.138. The summed E-state index contributed by atoms with van der Waals surface area (Å²) in [5.74, 6) is -1.85. The molecule has 0 aliphatic heterocycles. The number of aromatic hydroxyl groups is 1. The van der Waals surface area contributed by atoms with Gasteiger partial charge in [0.1, 0.15) is 11.8 Å². The molecule has 1 unspecified atom stereocenters. The molecule has 0 spiro atoms. The van der Waals surface area contributed by atoms with E-state index >= 15 is 0 Å². The Morgan fingerprint density at radius 1 is 1.44 bits per heavy atom. The zero-order valence-electron chi connectivity index (χ0n) is 8.45. The van der Waals surface area contributed by atoms with E-state index < -0.39 is 29.7 Å². The Labute approximate surface area is 90.3 Å². The highest BCUT2D eigenvalue weighted by Gasteiger charge is 2.21. The lowest BCUT2D eigenvalue weighted by Crippen LogP contribution is -2.21. The minimum Gasteiger partial charge on any atom is -0.507 e. The summed E-state index contributed by atoms with van der Waals surface area (Å²) in [6.07, 6.45) is -2.88. The third-order valence-electron chi connectivity index (χ3n) is 2.21. The first kappa shape index (κ1) is 12.4. The molecule has 0 bridgehead atoms. The molecule has 1 aromatic rings. The van der Waals surface area contributed by atoms with Crippen LogP contribution in [-0.4, -0.2) is 16.2 Å². The molecule has 0 radical (unpaired) electrons. The molecule has 6 heteroatoms. The molecule has 0 aromatic heterocycles. The summed E-state index contributed by atoms with van der Waals surface area (Å²) < 4.78 is 25.0. The van der Waals surface area contributed by atoms with Gasteiger partial charge in [0.15, 0.2) is 0 Å². The number of phenols is 1. The quantitative estimate of drug-likeness (QED) is 0.739. The second-order valence-electron chi connectivity index (χ2n) is 3.39. The Balaban J connectivity index is 3.29. The fourth-order valence-electron chi connectivity index (χ4n) is 1.32. The van der Waals surface area contributed by atoms with E-state index in [1.807, 2.05) is 0 Å². The molecular weight excluding hydrogens is 220 g/mol. The van der Waals surface area contributed by atoms with Crippen molar-refractivity contribution in [3.8, 4) is 5.75 Å². The molecule has 0 heterocycles. The van der Waals surface area contributed by atoms with E-state index in [-0.39, 0.29) is 11.1 Å². The van der Waals surface area contributed by atoms with Crippen molar-refractivity contribution in [2.45, 2.75) is 19.4 Å². The van der Waals surface area contributed by atoms with Crippen molar-refractivity contribution in [2.75, 3.05) is 0 Å². The number of carbonyl (C=O) groups is 1. The van der Waals surface area contributed by atoms with Crippen LogP contribution in [0.1, 0.15) is 29.2 Å². The minimum absolute atomic E-state index is 0.0399. The van der Waals surface area contributed by atoms with E-state index in [1.165, 1.54) is 13.0 Å². The van der Waals surface area contributed by atoms with Crippen molar-refractivity contribution in [1.82, 2.24) is 0 Å². The van der Waals surface area contributed by atoms with Crippen molar-refractivity contribution < 1.29 is 23.8 Å². The topological polar surface area (TPSA) is 83.6 Å². The number of carboxylic acids is 1. The van der Waals surface area contributed by atoms with Crippen LogP contribution >= 0.6 is 0 Å². The summed E-state index contributed by atoms with van der Waals surface area (Å²) in [6, 6.07) is 0.808. The highest BCUT2D eigenvalue weighted by molar-refractivity contribution is 5.75. The van der Waals surface area contributed by atoms with Crippen LogP contribution in [-0.2, 0) is 4.79 Å². The van der Waals surface area contributed by atoms with Gasteiger partial charge < -0.3 is 15.9 Å². The molecule has 0 aliphatic carbocycles. The first-order valence-corrected chi connectivity index (χ1v) is 4.44. The van der Waals surface area contributed by atoms with Crippen LogP contribution in [0.15, 0.2) is 12.1 Å². The van der Waals surface area contributed by atoms with E-state index in [0.29, 0.717) is 0 Å². The summed E-state index contributed by atoms with van der Waals surface area (Å²) in [4.78, 5) is 10.6. The second kappa shape index (κ2) is 4.44. The van der Waals surface area contributed by atoms with Gasteiger partial charge in [0.05, 0.1) is 5.56 Å². The summed E-state index contributed by atoms with van der Waals surface area (Å²) in [6.45, 7) is 1.40. The first-order valence-electron chi connectivity index (χ1n) is 4.44. The fourth-order valence-corrected chi connectivity index (χ4v) is 1.32. The molecule has 0 aliphatic rings. The summed E-state index contributed by atoms with van der Waals surface area (Å²) in [7, 11) is 0. The zero-order valence-corrected chi connectivity index (χ0v) is 8.45. The van der Waals surface area contributed by atoms with Crippen LogP contribution in [0.4, 0.5) is 8.78 Å². The predicted octanol–water partition coefficient (Wildman–Crippen LogP) is 1.72. The molecule has 4 N–H and O–H groups in total. The van der Waals surface area contributed by atoms with Gasteiger partial charge in [-0.25, -0.2) is 8.78 Å². The summed E-state index contributed by atoms with van der Waals surface area (Å²) in [5, 5.41) is 18.0. The zero-order chi connectivity index (χ0) is 12.5. The molecule has 88 valence electrons. The Kier molecular flexibility index (Phi) is 3.44. The first-order chi connectivity index (χ1) is 7.34. The van der Waals surface area contributed by atoms with Crippen molar-refractivity contribution in [3.63, 3.8) is 0 Å². The van der Waals surface area contributed by atoms with Crippen LogP contribution in [0.2, 0.25) is 0 Å². The molecule has 1 atom stereocenters. The highest BCUT2D eigenvalue weighted by atomic mass is 19.3. The van der Waals surface area contributed by atoms with Gasteiger partial charge in [-0.3, -0.25) is 4.79 Å². The van der Waals surface area contributed by atoms with Crippen LogP contribution in [0.5, 0.6) is 5.75 Å². The van der Waals surface area contributed by atoms with Gasteiger partial charge in [-0.1, -0.05) is 6.07 Å². The van der Waals surface area contributed by atoms with Crippen molar-refractivity contribution in [1.29, 1.82) is 0 Å². The third kappa shape index (κ3) is 2.27. The standard InChI is InChI=1S/C10H11F2NO3/c1-4-2-5(7(13)10(15)16)3-6(8(4)14)9(11)12/h2-3,7,9,14H,13H2,1H3,(H,15,16). The molecule has 1 aromatic carbocycles. The lowest BCUT2D eigenvalue weighted by atomic mass is 10.0. The fraction of sp³-hybridized carbons (Fsp3) is 0.300. The average Bonchev–Trinajstić information content (AvgIpc) is 2.20. The number of benzene rings is 1. The molecule has 1 rings (SSSR count). The number of hydrogen-bond acceptors (Lipinski definition) is 3. The Morgan fingerprint density at radius 2 is 2.00 bits per heavy atom. The summed E-state index contributed by atoms with van der Waals surface area (Å²) >= 11 is 0. The van der Waals surface area contributed by atoms with Crippen molar-refractivity contribution in [3.05, 3.63) is 28.8 Å². The maximum atomic E-state index is 12.5. The van der Waals surface area contributed by atoms with E-state index in [2.05, 4.69) is 0 Å². The van der Waals surface area contributed by atoms with Gasteiger partial charge in [-0.2, -0.15) is 0 Å². The summed E-state index contributed by atoms with van der Waals surface area (Å²) in [5.41, 5.74) is 4.91. The number of rotatable bonds is 3. The van der Waals surface area contributed by atoms with E-state index in [4.69, 9.17) is 10.8 Å². The average molecular weight is 231 g/mol. The Bertz CT molecular complexity index is 421. The number of phenolic OH excluding ortho intramolecular Hbond substituents is 1. The molecule has 0 fully saturated rings. The third-order valence-corrected chi connectivity index (χ3v) is 2.21. The van der Waals surface area contributed by atoms with E-state index in [1.54, 1.807) is 0 Å². The SMILES string of the molecule is Cc1cc(C(N)C(=O)O)cc(C(F)F)c1O. The minimum atomic E-state index is -2.88. The largest absolute Gasteiger partial charge is 0.507 e. The number of carboxylic acid groups (broad SMARTS) is 1. The Morgan fingerprint density at radius 3 is 2.44 bits per heavy atom. The number of hydrogen-bond donors (Lipinski definition) is 3. The van der Waals surface area contributed by atoms with Crippen LogP contribution in [0.25, 0.3) is 0 Å². The number of halogens is 2. The smallest absolute Gasteiger partial charge is 0.325 e. The van der Waals surface area contributed by atoms with Gasteiger partial charge in [0.25, 0.3) is 6.43 Å². The van der Waals surface area contributed by atoms with Crippen LogP contribution in [0, 0.1) is 6.92 Å². The number of nitrogens with two attached hydrogens (primary N) is 1. The van der Waals surface area contributed by atoms with Gasteiger partial charge in [0.2, 0.25) is 0 Å². The van der Waals surface area contributed by atoms with Gasteiger partial charge in [-0.05, 0) is 24.1 Å². The van der Waals surface area contributed by atoms with E-state index in [9.17, 15) is 18.7 Å². The molecule has 0 saturated heterocycles. The normalized spacial score (nSPS) is 12.8. The van der Waals surface area contributed by atoms with Crippen molar-refractivity contribution in [2.24, 2.45) is 5.73 Å². The van der Waals surface area contributed by atoms with E-state index in [0.717, 1.165) is 6.07 Å². The molecular formula is C10H11F2NO3. The molecule has 0 amide bonds. The monoisotopic (exact) mass is 231 g/mol. The number of aliphatic carboxylic acids is 1. The maximum absolute atomic E-state index is 12.5. The number of alkyl halides is 2. The molecule has 16 heavy (non-hydrogen) atoms. The van der Waals surface area contributed by atoms with Gasteiger partial charge >= 0.3 is 5.97 Å².